The lowest BCUT2D eigenvalue weighted by atomic mass is 10.0. The smallest absolute Gasteiger partial charge is 0.311 e. The molecule has 1 atom stereocenters. The number of benzene rings is 2. The minimum atomic E-state index is -0.954. The van der Waals surface area contributed by atoms with Crippen molar-refractivity contribution in [2.45, 2.75) is 38.7 Å². The highest BCUT2D eigenvalue weighted by atomic mass is 35.5. The zero-order chi connectivity index (χ0) is 18.7. The van der Waals surface area contributed by atoms with E-state index in [2.05, 4.69) is 17.4 Å². The fourth-order valence-corrected chi connectivity index (χ4v) is 3.53. The van der Waals surface area contributed by atoms with E-state index in [-0.39, 0.29) is 6.42 Å². The van der Waals surface area contributed by atoms with Gasteiger partial charge in [-0.25, -0.2) is 0 Å². The number of halogens is 2. The van der Waals surface area contributed by atoms with Gasteiger partial charge in [-0.15, -0.1) is 0 Å². The number of rotatable bonds is 5. The van der Waals surface area contributed by atoms with Crippen molar-refractivity contribution < 1.29 is 14.3 Å². The predicted molar refractivity (Wildman–Crippen MR) is 103 cm³/mol. The first-order valence-corrected chi connectivity index (χ1v) is 9.24. The fourth-order valence-electron chi connectivity index (χ4n) is 3.04. The molecule has 0 bridgehead atoms. The first kappa shape index (κ1) is 18.7. The molecule has 6 heteroatoms. The largest absolute Gasteiger partial charge is 0.452 e. The Balaban J connectivity index is 1.57. The maximum atomic E-state index is 12.3. The van der Waals surface area contributed by atoms with Crippen molar-refractivity contribution in [3.8, 4) is 0 Å². The summed E-state index contributed by atoms with van der Waals surface area (Å²) in [5.41, 5.74) is 3.86. The van der Waals surface area contributed by atoms with Crippen molar-refractivity contribution in [1.29, 1.82) is 0 Å². The van der Waals surface area contributed by atoms with Crippen LogP contribution in [0.5, 0.6) is 0 Å². The molecule has 0 aliphatic heterocycles. The topological polar surface area (TPSA) is 55.4 Å². The van der Waals surface area contributed by atoms with E-state index in [1.807, 2.05) is 6.07 Å². The fraction of sp³-hybridized carbons (Fsp3) is 0.300. The van der Waals surface area contributed by atoms with Crippen molar-refractivity contribution in [2.24, 2.45) is 0 Å². The lowest BCUT2D eigenvalue weighted by Gasteiger charge is -2.15. The van der Waals surface area contributed by atoms with Crippen LogP contribution in [0.2, 0.25) is 10.0 Å². The molecule has 136 valence electrons. The van der Waals surface area contributed by atoms with Gasteiger partial charge in [0.05, 0.1) is 22.2 Å². The van der Waals surface area contributed by atoms with Crippen LogP contribution in [0.3, 0.4) is 0 Å². The number of nitrogens with one attached hydrogen (secondary N) is 1. The van der Waals surface area contributed by atoms with Crippen molar-refractivity contribution in [1.82, 2.24) is 0 Å². The number of esters is 1. The number of aryl methyl sites for hydroxylation is 2. The van der Waals surface area contributed by atoms with E-state index in [1.165, 1.54) is 18.1 Å². The Bertz CT molecular complexity index is 831. The Kier molecular flexibility index (Phi) is 5.84. The summed E-state index contributed by atoms with van der Waals surface area (Å²) >= 11 is 12.1. The van der Waals surface area contributed by atoms with Gasteiger partial charge in [0.25, 0.3) is 5.91 Å². The zero-order valence-electron chi connectivity index (χ0n) is 14.4. The summed E-state index contributed by atoms with van der Waals surface area (Å²) in [5.74, 6) is -0.932. The van der Waals surface area contributed by atoms with E-state index >= 15 is 0 Å². The van der Waals surface area contributed by atoms with Gasteiger partial charge in [-0.3, -0.25) is 9.59 Å². The van der Waals surface area contributed by atoms with Crippen LogP contribution in [0.4, 0.5) is 5.69 Å². The zero-order valence-corrected chi connectivity index (χ0v) is 15.9. The molecular weight excluding hydrogens is 373 g/mol. The highest BCUT2D eigenvalue weighted by Crippen LogP contribution is 2.30. The third-order valence-corrected chi connectivity index (χ3v) is 5.03. The number of para-hydroxylation sites is 1. The highest BCUT2D eigenvalue weighted by Gasteiger charge is 2.20. The first-order valence-electron chi connectivity index (χ1n) is 8.49. The summed E-state index contributed by atoms with van der Waals surface area (Å²) in [7, 11) is 0. The molecule has 0 heterocycles. The summed E-state index contributed by atoms with van der Waals surface area (Å²) in [6.45, 7) is 1.51. The average Bonchev–Trinajstić information content (AvgIpc) is 3.05. The molecule has 2 aromatic carbocycles. The first-order chi connectivity index (χ1) is 12.4. The predicted octanol–water partition coefficient (Wildman–Crippen LogP) is 4.60. The molecule has 0 aromatic heterocycles. The number of anilines is 1. The Morgan fingerprint density at radius 3 is 2.54 bits per heavy atom. The molecule has 2 aromatic rings. The van der Waals surface area contributed by atoms with E-state index in [4.69, 9.17) is 27.9 Å². The normalized spacial score (nSPS) is 13.8. The molecule has 4 nitrogen and oxygen atoms in total. The molecule has 1 aliphatic carbocycles. The van der Waals surface area contributed by atoms with Crippen molar-refractivity contribution in [2.75, 3.05) is 5.32 Å². The molecule has 0 radical (unpaired) electrons. The molecule has 0 fully saturated rings. The van der Waals surface area contributed by atoms with Crippen LogP contribution in [0.25, 0.3) is 0 Å². The lowest BCUT2D eigenvalue weighted by Crippen LogP contribution is -2.30. The van der Waals surface area contributed by atoms with Gasteiger partial charge < -0.3 is 10.1 Å². The van der Waals surface area contributed by atoms with Gasteiger partial charge in [0.2, 0.25) is 0 Å². The molecule has 3 rings (SSSR count). The van der Waals surface area contributed by atoms with E-state index in [0.29, 0.717) is 15.7 Å². The van der Waals surface area contributed by atoms with Gasteiger partial charge in [0.1, 0.15) is 0 Å². The number of hydrogen-bond acceptors (Lipinski definition) is 3. The minimum absolute atomic E-state index is 0.137. The second-order valence-corrected chi connectivity index (χ2v) is 7.17. The summed E-state index contributed by atoms with van der Waals surface area (Å²) in [5, 5.41) is 3.24. The van der Waals surface area contributed by atoms with E-state index in [0.717, 1.165) is 24.8 Å². The Hall–Kier alpha value is -2.04. The highest BCUT2D eigenvalue weighted by molar-refractivity contribution is 6.39. The number of amides is 1. The molecule has 0 saturated heterocycles. The van der Waals surface area contributed by atoms with Crippen LogP contribution in [-0.4, -0.2) is 18.0 Å². The van der Waals surface area contributed by atoms with Crippen LogP contribution in [0.1, 0.15) is 30.0 Å². The Morgan fingerprint density at radius 1 is 1.12 bits per heavy atom. The van der Waals surface area contributed by atoms with Crippen molar-refractivity contribution in [3.05, 3.63) is 63.1 Å². The van der Waals surface area contributed by atoms with E-state index in [1.54, 1.807) is 18.2 Å². The van der Waals surface area contributed by atoms with Crippen LogP contribution in [0.15, 0.2) is 36.4 Å². The second kappa shape index (κ2) is 8.11. The number of fused-ring (bicyclic) bond motifs is 1. The van der Waals surface area contributed by atoms with Gasteiger partial charge >= 0.3 is 5.97 Å². The number of hydrogen-bond donors (Lipinski definition) is 1. The SMILES string of the molecule is C[C@H](OC(=O)Cc1ccc2c(c1)CCC2)C(=O)Nc1c(Cl)cccc1Cl. The van der Waals surface area contributed by atoms with Gasteiger partial charge in [0, 0.05) is 0 Å². The second-order valence-electron chi connectivity index (χ2n) is 6.35. The van der Waals surface area contributed by atoms with E-state index < -0.39 is 18.0 Å². The van der Waals surface area contributed by atoms with Crippen LogP contribution >= 0.6 is 23.2 Å². The molecule has 1 N–H and O–H groups in total. The third-order valence-electron chi connectivity index (χ3n) is 4.40. The minimum Gasteiger partial charge on any atom is -0.452 e. The molecular formula is C20H19Cl2NO3. The van der Waals surface area contributed by atoms with Gasteiger partial charge in [-0.2, -0.15) is 0 Å². The molecule has 0 unspecified atom stereocenters. The summed E-state index contributed by atoms with van der Waals surface area (Å²) in [6.07, 6.45) is 2.49. The standard InChI is InChI=1S/C20H19Cl2NO3/c1-12(20(25)23-19-16(21)6-3-7-17(19)22)26-18(24)11-13-8-9-14-4-2-5-15(14)10-13/h3,6-10,12H,2,4-5,11H2,1H3,(H,23,25)/t12-/m0/s1. The van der Waals surface area contributed by atoms with E-state index in [9.17, 15) is 9.59 Å². The van der Waals surface area contributed by atoms with Crippen molar-refractivity contribution in [3.63, 3.8) is 0 Å². The van der Waals surface area contributed by atoms with Crippen LogP contribution in [0, 0.1) is 0 Å². The third kappa shape index (κ3) is 4.37. The van der Waals surface area contributed by atoms with Gasteiger partial charge in [-0.05, 0) is 55.0 Å². The molecule has 0 spiro atoms. The average molecular weight is 392 g/mol. The number of ether oxygens (including phenoxy) is 1. The molecule has 26 heavy (non-hydrogen) atoms. The maximum Gasteiger partial charge on any atom is 0.311 e. The molecule has 0 saturated carbocycles. The number of carbonyl (C=O) groups is 2. The summed E-state index contributed by atoms with van der Waals surface area (Å²) in [4.78, 5) is 24.4. The molecule has 1 amide bonds. The lowest BCUT2D eigenvalue weighted by molar-refractivity contribution is -0.152. The molecule has 1 aliphatic rings. The van der Waals surface area contributed by atoms with Gasteiger partial charge in [-0.1, -0.05) is 47.5 Å². The quantitative estimate of drug-likeness (QED) is 0.757. The van der Waals surface area contributed by atoms with Crippen molar-refractivity contribution >= 4 is 40.8 Å². The summed E-state index contributed by atoms with van der Waals surface area (Å²) < 4.78 is 5.25. The summed E-state index contributed by atoms with van der Waals surface area (Å²) in [6, 6.07) is 11.0. The Labute approximate surface area is 162 Å². The van der Waals surface area contributed by atoms with Crippen LogP contribution in [-0.2, 0) is 33.6 Å². The number of carbonyl (C=O) groups excluding carboxylic acids is 2. The van der Waals surface area contributed by atoms with Crippen LogP contribution < -0.4 is 5.32 Å². The van der Waals surface area contributed by atoms with Gasteiger partial charge in [0.15, 0.2) is 6.10 Å². The monoisotopic (exact) mass is 391 g/mol. The maximum absolute atomic E-state index is 12.3. The Morgan fingerprint density at radius 2 is 1.81 bits per heavy atom.